The summed E-state index contributed by atoms with van der Waals surface area (Å²) in [6.07, 6.45) is 0. The molecule has 21 heavy (non-hydrogen) atoms. The van der Waals surface area contributed by atoms with Crippen LogP contribution in [0.2, 0.25) is 0 Å². The van der Waals surface area contributed by atoms with E-state index in [-0.39, 0.29) is 12.1 Å². The number of nitrogens with one attached hydrogen (secondary N) is 2. The van der Waals surface area contributed by atoms with Crippen molar-refractivity contribution >= 4 is 22.4 Å². The molecule has 0 aliphatic heterocycles. The molecule has 0 saturated heterocycles. The zero-order valence-corrected chi connectivity index (χ0v) is 13.6. The number of nitrogens with zero attached hydrogens (tertiary/aromatic N) is 2. The monoisotopic (exact) mass is 300 g/mol. The summed E-state index contributed by atoms with van der Waals surface area (Å²) >= 11 is 1.75. The minimum absolute atomic E-state index is 0.147. The highest BCUT2D eigenvalue weighted by Gasteiger charge is 2.18. The van der Waals surface area contributed by atoms with Crippen molar-refractivity contribution in [2.75, 3.05) is 0 Å². The van der Waals surface area contributed by atoms with Crippen molar-refractivity contribution in [3.63, 3.8) is 0 Å². The van der Waals surface area contributed by atoms with Gasteiger partial charge in [-0.15, -0.1) is 11.3 Å². The van der Waals surface area contributed by atoms with Crippen molar-refractivity contribution in [1.82, 2.24) is 20.3 Å². The molecule has 0 saturated carbocycles. The predicted octanol–water partition coefficient (Wildman–Crippen LogP) is 4.05. The number of thiazole rings is 1. The van der Waals surface area contributed by atoms with E-state index in [0.717, 1.165) is 27.6 Å². The van der Waals surface area contributed by atoms with Gasteiger partial charge in [0.1, 0.15) is 5.82 Å². The van der Waals surface area contributed by atoms with Gasteiger partial charge in [-0.05, 0) is 39.8 Å². The number of para-hydroxylation sites is 2. The number of rotatable bonds is 4. The Morgan fingerprint density at radius 1 is 1.10 bits per heavy atom. The Bertz CT molecular complexity index is 726. The second-order valence-electron chi connectivity index (χ2n) is 5.42. The van der Waals surface area contributed by atoms with Crippen LogP contribution in [0.3, 0.4) is 0 Å². The molecule has 5 heteroatoms. The molecule has 0 bridgehead atoms. The van der Waals surface area contributed by atoms with Crippen LogP contribution in [0.25, 0.3) is 11.0 Å². The SMILES string of the molecule is Cc1nc(C(C)NC(C)c2nc3ccccc3[nH]2)c(C)s1. The number of aromatic amines is 1. The van der Waals surface area contributed by atoms with E-state index >= 15 is 0 Å². The Balaban J connectivity index is 1.79. The lowest BCUT2D eigenvalue weighted by molar-refractivity contribution is 0.472. The summed E-state index contributed by atoms with van der Waals surface area (Å²) in [6.45, 7) is 8.46. The molecule has 2 aromatic heterocycles. The quantitative estimate of drug-likeness (QED) is 0.764. The molecular formula is C16H20N4S. The van der Waals surface area contributed by atoms with Gasteiger partial charge in [-0.1, -0.05) is 12.1 Å². The average Bonchev–Trinajstić information content (AvgIpc) is 3.01. The van der Waals surface area contributed by atoms with Gasteiger partial charge in [0.05, 0.1) is 27.8 Å². The number of fused-ring (bicyclic) bond motifs is 1. The Morgan fingerprint density at radius 3 is 2.52 bits per heavy atom. The smallest absolute Gasteiger partial charge is 0.124 e. The topological polar surface area (TPSA) is 53.6 Å². The third-order valence-electron chi connectivity index (χ3n) is 3.67. The number of imidazole rings is 1. The molecule has 0 aliphatic carbocycles. The molecule has 3 aromatic rings. The van der Waals surface area contributed by atoms with E-state index in [4.69, 9.17) is 0 Å². The van der Waals surface area contributed by atoms with Gasteiger partial charge < -0.3 is 4.98 Å². The molecule has 2 unspecified atom stereocenters. The summed E-state index contributed by atoms with van der Waals surface area (Å²) in [5, 5.41) is 4.70. The first-order chi connectivity index (χ1) is 10.0. The number of aryl methyl sites for hydroxylation is 2. The van der Waals surface area contributed by atoms with Crippen LogP contribution in [0.5, 0.6) is 0 Å². The number of hydrogen-bond donors (Lipinski definition) is 2. The first kappa shape index (κ1) is 14.2. The third-order valence-corrected chi connectivity index (χ3v) is 4.57. The molecule has 3 rings (SSSR count). The van der Waals surface area contributed by atoms with Gasteiger partial charge in [0, 0.05) is 10.9 Å². The Kier molecular flexibility index (Phi) is 3.78. The Hall–Kier alpha value is -1.72. The van der Waals surface area contributed by atoms with E-state index in [1.54, 1.807) is 11.3 Å². The van der Waals surface area contributed by atoms with Crippen LogP contribution in [0.1, 0.15) is 47.3 Å². The summed E-state index contributed by atoms with van der Waals surface area (Å²) in [7, 11) is 0. The van der Waals surface area contributed by atoms with Crippen LogP contribution in [0, 0.1) is 13.8 Å². The van der Waals surface area contributed by atoms with Gasteiger partial charge in [0.15, 0.2) is 0 Å². The lowest BCUT2D eigenvalue weighted by atomic mass is 10.2. The zero-order chi connectivity index (χ0) is 15.0. The van der Waals surface area contributed by atoms with Gasteiger partial charge in [0.25, 0.3) is 0 Å². The highest BCUT2D eigenvalue weighted by molar-refractivity contribution is 7.11. The lowest BCUT2D eigenvalue weighted by Crippen LogP contribution is -2.24. The summed E-state index contributed by atoms with van der Waals surface area (Å²) in [6, 6.07) is 8.46. The molecule has 0 radical (unpaired) electrons. The van der Waals surface area contributed by atoms with Crippen LogP contribution in [0.4, 0.5) is 0 Å². The van der Waals surface area contributed by atoms with Crippen molar-refractivity contribution in [1.29, 1.82) is 0 Å². The van der Waals surface area contributed by atoms with Crippen molar-refractivity contribution in [2.24, 2.45) is 0 Å². The maximum absolute atomic E-state index is 4.65. The van der Waals surface area contributed by atoms with Gasteiger partial charge in [0.2, 0.25) is 0 Å². The predicted molar refractivity (Wildman–Crippen MR) is 87.6 cm³/mol. The fraction of sp³-hybridized carbons (Fsp3) is 0.375. The van der Waals surface area contributed by atoms with Crippen LogP contribution in [-0.4, -0.2) is 15.0 Å². The first-order valence-electron chi connectivity index (χ1n) is 7.19. The molecule has 0 fully saturated rings. The van der Waals surface area contributed by atoms with E-state index in [9.17, 15) is 0 Å². The normalized spacial score (nSPS) is 14.5. The van der Waals surface area contributed by atoms with Crippen molar-refractivity contribution in [2.45, 2.75) is 39.8 Å². The molecule has 110 valence electrons. The maximum Gasteiger partial charge on any atom is 0.124 e. The highest BCUT2D eigenvalue weighted by Crippen LogP contribution is 2.25. The third kappa shape index (κ3) is 2.84. The molecule has 1 aromatic carbocycles. The summed E-state index contributed by atoms with van der Waals surface area (Å²) in [5.74, 6) is 0.965. The van der Waals surface area contributed by atoms with Crippen molar-refractivity contribution in [3.8, 4) is 0 Å². The van der Waals surface area contributed by atoms with E-state index < -0.39 is 0 Å². The molecule has 0 amide bonds. The average molecular weight is 300 g/mol. The molecule has 0 spiro atoms. The molecule has 2 N–H and O–H groups in total. The van der Waals surface area contributed by atoms with E-state index in [2.05, 4.69) is 54.0 Å². The van der Waals surface area contributed by atoms with E-state index in [0.29, 0.717) is 0 Å². The molecule has 4 nitrogen and oxygen atoms in total. The molecule has 2 atom stereocenters. The minimum atomic E-state index is 0.147. The van der Waals surface area contributed by atoms with E-state index in [1.165, 1.54) is 4.88 Å². The minimum Gasteiger partial charge on any atom is -0.341 e. The molecule has 0 aliphatic rings. The largest absolute Gasteiger partial charge is 0.341 e. The van der Waals surface area contributed by atoms with Crippen molar-refractivity contribution < 1.29 is 0 Å². The lowest BCUT2D eigenvalue weighted by Gasteiger charge is -2.17. The van der Waals surface area contributed by atoms with Gasteiger partial charge in [-0.3, -0.25) is 5.32 Å². The Morgan fingerprint density at radius 2 is 1.86 bits per heavy atom. The summed E-state index contributed by atoms with van der Waals surface area (Å²) in [4.78, 5) is 13.9. The molecular weight excluding hydrogens is 280 g/mol. The summed E-state index contributed by atoms with van der Waals surface area (Å²) in [5.41, 5.74) is 3.23. The van der Waals surface area contributed by atoms with Crippen LogP contribution in [-0.2, 0) is 0 Å². The number of H-pyrrole nitrogens is 1. The molecule has 2 heterocycles. The number of hydrogen-bond acceptors (Lipinski definition) is 4. The van der Waals surface area contributed by atoms with Crippen molar-refractivity contribution in [3.05, 3.63) is 45.7 Å². The van der Waals surface area contributed by atoms with Crippen LogP contribution in [0.15, 0.2) is 24.3 Å². The number of aromatic nitrogens is 3. The fourth-order valence-corrected chi connectivity index (χ4v) is 3.57. The first-order valence-corrected chi connectivity index (χ1v) is 8.01. The Labute approximate surface area is 128 Å². The highest BCUT2D eigenvalue weighted by atomic mass is 32.1. The zero-order valence-electron chi connectivity index (χ0n) is 12.8. The second-order valence-corrected chi connectivity index (χ2v) is 6.83. The second kappa shape index (κ2) is 5.58. The van der Waals surface area contributed by atoms with Crippen LogP contribution < -0.4 is 5.32 Å². The van der Waals surface area contributed by atoms with Gasteiger partial charge >= 0.3 is 0 Å². The number of benzene rings is 1. The standard InChI is InChI=1S/C16H20N4S/c1-9(15-11(3)21-12(4)18-15)17-10(2)16-19-13-7-5-6-8-14(13)20-16/h5-10,17H,1-4H3,(H,19,20). The van der Waals surface area contributed by atoms with Gasteiger partial charge in [-0.25, -0.2) is 9.97 Å². The maximum atomic E-state index is 4.65. The van der Waals surface area contributed by atoms with E-state index in [1.807, 2.05) is 18.2 Å². The summed E-state index contributed by atoms with van der Waals surface area (Å²) < 4.78 is 0. The fourth-order valence-electron chi connectivity index (χ4n) is 2.66. The van der Waals surface area contributed by atoms with Gasteiger partial charge in [-0.2, -0.15) is 0 Å². The van der Waals surface area contributed by atoms with Crippen LogP contribution >= 0.6 is 11.3 Å².